The molecular weight excluding hydrogens is 384 g/mol. The number of sulfonamides is 1. The third-order valence-electron chi connectivity index (χ3n) is 4.28. The van der Waals surface area contributed by atoms with Gasteiger partial charge in [0.05, 0.1) is 23.0 Å². The molecule has 0 atom stereocenters. The molecule has 146 valence electrons. The fourth-order valence-electron chi connectivity index (χ4n) is 2.70. The van der Waals surface area contributed by atoms with Gasteiger partial charge in [-0.05, 0) is 48.0 Å². The van der Waals surface area contributed by atoms with Crippen LogP contribution in [0.5, 0.6) is 0 Å². The van der Waals surface area contributed by atoms with Gasteiger partial charge < -0.3 is 4.74 Å². The molecule has 0 saturated carbocycles. The predicted octanol–water partition coefficient (Wildman–Crippen LogP) is 2.51. The molecule has 1 aliphatic heterocycles. The van der Waals surface area contributed by atoms with Crippen LogP contribution in [0.4, 0.5) is 5.69 Å². The lowest BCUT2D eigenvalue weighted by Crippen LogP contribution is -2.40. The van der Waals surface area contributed by atoms with Crippen molar-refractivity contribution in [3.63, 3.8) is 0 Å². The fraction of sp³-hybridized carbons (Fsp3) is 0.211. The summed E-state index contributed by atoms with van der Waals surface area (Å²) in [5.41, 5.74) is 0.963. The van der Waals surface area contributed by atoms with E-state index < -0.39 is 14.9 Å². The van der Waals surface area contributed by atoms with Gasteiger partial charge in [-0.3, -0.25) is 14.9 Å². The summed E-state index contributed by atoms with van der Waals surface area (Å²) in [6.45, 7) is 1.34. The first-order valence-electron chi connectivity index (χ1n) is 8.53. The second-order valence-corrected chi connectivity index (χ2v) is 8.02. The average Bonchev–Trinajstić information content (AvgIpc) is 2.73. The number of nitro benzene ring substituents is 1. The summed E-state index contributed by atoms with van der Waals surface area (Å²) in [7, 11) is -3.60. The topological polar surface area (TPSA) is 107 Å². The highest BCUT2D eigenvalue weighted by Crippen LogP contribution is 2.18. The molecule has 0 bridgehead atoms. The van der Waals surface area contributed by atoms with E-state index in [1.165, 1.54) is 46.8 Å². The van der Waals surface area contributed by atoms with E-state index >= 15 is 0 Å². The molecule has 0 spiro atoms. The number of carbonyl (C=O) groups is 1. The number of rotatable bonds is 6. The van der Waals surface area contributed by atoms with Gasteiger partial charge in [0.25, 0.3) is 5.69 Å². The van der Waals surface area contributed by atoms with Crippen LogP contribution in [0.25, 0.3) is 6.08 Å². The van der Waals surface area contributed by atoms with E-state index in [0.29, 0.717) is 37.4 Å². The van der Waals surface area contributed by atoms with E-state index in [9.17, 15) is 23.3 Å². The van der Waals surface area contributed by atoms with Crippen molar-refractivity contribution in [3.8, 4) is 0 Å². The maximum atomic E-state index is 12.6. The van der Waals surface area contributed by atoms with Crippen LogP contribution in [0.3, 0.4) is 0 Å². The van der Waals surface area contributed by atoms with Crippen LogP contribution in [0.2, 0.25) is 0 Å². The number of benzene rings is 2. The van der Waals surface area contributed by atoms with Crippen molar-refractivity contribution in [1.29, 1.82) is 0 Å². The molecule has 0 N–H and O–H groups in total. The molecule has 0 amide bonds. The second-order valence-electron chi connectivity index (χ2n) is 6.09. The maximum absolute atomic E-state index is 12.6. The molecule has 0 aliphatic carbocycles. The molecule has 1 aliphatic rings. The zero-order valence-corrected chi connectivity index (χ0v) is 15.7. The molecule has 0 aromatic heterocycles. The molecule has 3 rings (SSSR count). The molecule has 28 heavy (non-hydrogen) atoms. The van der Waals surface area contributed by atoms with Crippen molar-refractivity contribution in [1.82, 2.24) is 4.31 Å². The minimum Gasteiger partial charge on any atom is -0.379 e. The number of hydrogen-bond donors (Lipinski definition) is 0. The van der Waals surface area contributed by atoms with Crippen molar-refractivity contribution >= 4 is 27.6 Å². The van der Waals surface area contributed by atoms with Crippen LogP contribution < -0.4 is 0 Å². The number of hydrogen-bond acceptors (Lipinski definition) is 6. The summed E-state index contributed by atoms with van der Waals surface area (Å²) in [6.07, 6.45) is 2.89. The Hall–Kier alpha value is -2.88. The standard InChI is InChI=1S/C19H18N2O6S/c22-19(10-3-15-1-6-17(7-2-15)21(23)24)16-4-8-18(9-5-16)28(25,26)20-11-13-27-14-12-20/h1-10H,11-14H2/b10-3+. The Labute approximate surface area is 162 Å². The van der Waals surface area contributed by atoms with Gasteiger partial charge in [0, 0.05) is 30.8 Å². The number of ketones is 1. The van der Waals surface area contributed by atoms with Crippen molar-refractivity contribution < 1.29 is 22.9 Å². The highest BCUT2D eigenvalue weighted by Gasteiger charge is 2.26. The highest BCUT2D eigenvalue weighted by atomic mass is 32.2. The van der Waals surface area contributed by atoms with Crippen LogP contribution in [-0.2, 0) is 14.8 Å². The Morgan fingerprint density at radius 1 is 1.04 bits per heavy atom. The Balaban J connectivity index is 1.70. The van der Waals surface area contributed by atoms with Gasteiger partial charge in [-0.25, -0.2) is 8.42 Å². The summed E-state index contributed by atoms with van der Waals surface area (Å²) in [6, 6.07) is 11.6. The van der Waals surface area contributed by atoms with E-state index in [1.54, 1.807) is 18.2 Å². The minimum absolute atomic E-state index is 0.0273. The third kappa shape index (κ3) is 4.50. The first-order chi connectivity index (χ1) is 13.4. The van der Waals surface area contributed by atoms with Gasteiger partial charge in [0.1, 0.15) is 0 Å². The number of non-ortho nitro benzene ring substituents is 1. The fourth-order valence-corrected chi connectivity index (χ4v) is 4.11. The van der Waals surface area contributed by atoms with Crippen LogP contribution in [0, 0.1) is 10.1 Å². The monoisotopic (exact) mass is 402 g/mol. The third-order valence-corrected chi connectivity index (χ3v) is 6.19. The molecule has 1 fully saturated rings. The molecule has 8 nitrogen and oxygen atoms in total. The number of ether oxygens (including phenoxy) is 1. The van der Waals surface area contributed by atoms with Gasteiger partial charge in [-0.2, -0.15) is 4.31 Å². The Bertz CT molecular complexity index is 992. The van der Waals surface area contributed by atoms with Crippen LogP contribution in [0.15, 0.2) is 59.5 Å². The maximum Gasteiger partial charge on any atom is 0.269 e. The number of nitro groups is 1. The molecular formula is C19H18N2O6S. The summed E-state index contributed by atoms with van der Waals surface area (Å²) in [4.78, 5) is 22.6. The molecule has 1 heterocycles. The van der Waals surface area contributed by atoms with E-state index in [2.05, 4.69) is 0 Å². The van der Waals surface area contributed by atoms with Crippen LogP contribution in [0.1, 0.15) is 15.9 Å². The SMILES string of the molecule is O=C(/C=C/c1ccc([N+](=O)[O-])cc1)c1ccc(S(=O)(=O)N2CCOCC2)cc1. The highest BCUT2D eigenvalue weighted by molar-refractivity contribution is 7.89. The Morgan fingerprint density at radius 3 is 2.21 bits per heavy atom. The molecule has 0 unspecified atom stereocenters. The van der Waals surface area contributed by atoms with E-state index in [1.807, 2.05) is 0 Å². The summed E-state index contributed by atoms with van der Waals surface area (Å²) in [5, 5.41) is 10.6. The zero-order chi connectivity index (χ0) is 20.1. The smallest absolute Gasteiger partial charge is 0.269 e. The van der Waals surface area contributed by atoms with Gasteiger partial charge in [-0.1, -0.05) is 6.08 Å². The van der Waals surface area contributed by atoms with Crippen molar-refractivity contribution in [3.05, 3.63) is 75.8 Å². The average molecular weight is 402 g/mol. The number of nitrogens with zero attached hydrogens (tertiary/aromatic N) is 2. The molecule has 0 radical (unpaired) electrons. The molecule has 2 aromatic carbocycles. The number of allylic oxidation sites excluding steroid dienone is 1. The Morgan fingerprint density at radius 2 is 1.64 bits per heavy atom. The van der Waals surface area contributed by atoms with Crippen molar-refractivity contribution in [2.24, 2.45) is 0 Å². The summed E-state index contributed by atoms with van der Waals surface area (Å²) in [5.74, 6) is -0.298. The lowest BCUT2D eigenvalue weighted by atomic mass is 10.1. The van der Waals surface area contributed by atoms with E-state index in [-0.39, 0.29) is 16.4 Å². The quantitative estimate of drug-likeness (QED) is 0.318. The van der Waals surface area contributed by atoms with Crippen molar-refractivity contribution in [2.45, 2.75) is 4.90 Å². The summed E-state index contributed by atoms with van der Waals surface area (Å²) < 4.78 is 31.7. The first kappa shape index (κ1) is 19.9. The molecule has 2 aromatic rings. The zero-order valence-electron chi connectivity index (χ0n) is 14.9. The van der Waals surface area contributed by atoms with Crippen LogP contribution >= 0.6 is 0 Å². The van der Waals surface area contributed by atoms with E-state index in [0.717, 1.165) is 0 Å². The molecule has 9 heteroatoms. The normalized spacial score (nSPS) is 15.6. The largest absolute Gasteiger partial charge is 0.379 e. The minimum atomic E-state index is -3.60. The van der Waals surface area contributed by atoms with Gasteiger partial charge in [0.15, 0.2) is 5.78 Å². The summed E-state index contributed by atoms with van der Waals surface area (Å²) >= 11 is 0. The second kappa shape index (κ2) is 8.42. The molecule has 1 saturated heterocycles. The van der Waals surface area contributed by atoms with Crippen molar-refractivity contribution in [2.75, 3.05) is 26.3 Å². The number of carbonyl (C=O) groups excluding carboxylic acids is 1. The lowest BCUT2D eigenvalue weighted by Gasteiger charge is -2.26. The van der Waals surface area contributed by atoms with Gasteiger partial charge in [0.2, 0.25) is 10.0 Å². The first-order valence-corrected chi connectivity index (χ1v) is 9.97. The van der Waals surface area contributed by atoms with Gasteiger partial charge >= 0.3 is 0 Å². The number of morpholine rings is 1. The van der Waals surface area contributed by atoms with Crippen LogP contribution in [-0.4, -0.2) is 49.7 Å². The lowest BCUT2D eigenvalue weighted by molar-refractivity contribution is -0.384. The van der Waals surface area contributed by atoms with Gasteiger partial charge in [-0.15, -0.1) is 0 Å². The van der Waals surface area contributed by atoms with E-state index in [4.69, 9.17) is 4.74 Å². The predicted molar refractivity (Wildman–Crippen MR) is 102 cm³/mol. The Kier molecular flexibility index (Phi) is 5.98.